The Morgan fingerprint density at radius 3 is 2.41 bits per heavy atom. The molecule has 1 aliphatic heterocycles. The van der Waals surface area contributed by atoms with Crippen LogP contribution >= 0.6 is 0 Å². The summed E-state index contributed by atoms with van der Waals surface area (Å²) in [5.41, 5.74) is 0.954. The Hall–Kier alpha value is -1.84. The lowest BCUT2D eigenvalue weighted by Crippen LogP contribution is -2.43. The van der Waals surface area contributed by atoms with Gasteiger partial charge in [0, 0.05) is 30.6 Å². The van der Waals surface area contributed by atoms with Gasteiger partial charge in [-0.25, -0.2) is 0 Å². The molecule has 1 atom stereocenters. The highest BCUT2D eigenvalue weighted by Gasteiger charge is 2.55. The van der Waals surface area contributed by atoms with Crippen LogP contribution in [0.4, 0.5) is 0 Å². The van der Waals surface area contributed by atoms with Gasteiger partial charge >= 0.3 is 0 Å². The third-order valence-electron chi connectivity index (χ3n) is 5.10. The fourth-order valence-electron chi connectivity index (χ4n) is 3.47. The first-order valence-corrected chi connectivity index (χ1v) is 8.16. The molecule has 2 fully saturated rings. The maximum absolute atomic E-state index is 12.2. The molecule has 1 spiro atoms. The topological polar surface area (TPSA) is 49.4 Å². The zero-order chi connectivity index (χ0) is 15.7. The van der Waals surface area contributed by atoms with E-state index < -0.39 is 0 Å². The summed E-state index contributed by atoms with van der Waals surface area (Å²) in [4.78, 5) is 26.2. The van der Waals surface area contributed by atoms with E-state index in [4.69, 9.17) is 0 Å². The highest BCUT2D eigenvalue weighted by molar-refractivity contribution is 5.94. The summed E-state index contributed by atoms with van der Waals surface area (Å²) in [6.45, 7) is 5.56. The Morgan fingerprint density at radius 2 is 1.82 bits per heavy atom. The first-order valence-electron chi connectivity index (χ1n) is 8.16. The Labute approximate surface area is 131 Å². The van der Waals surface area contributed by atoms with E-state index in [-0.39, 0.29) is 29.2 Å². The number of rotatable bonds is 3. The van der Waals surface area contributed by atoms with Gasteiger partial charge in [0.05, 0.1) is 0 Å². The molecule has 2 amide bonds. The van der Waals surface area contributed by atoms with Gasteiger partial charge < -0.3 is 10.2 Å². The van der Waals surface area contributed by atoms with Crippen molar-refractivity contribution in [1.29, 1.82) is 0 Å². The summed E-state index contributed by atoms with van der Waals surface area (Å²) in [5, 5.41) is 3.16. The predicted molar refractivity (Wildman–Crippen MR) is 85.4 cm³/mol. The van der Waals surface area contributed by atoms with Crippen LogP contribution in [0.25, 0.3) is 0 Å². The van der Waals surface area contributed by atoms with E-state index in [0.717, 1.165) is 37.9 Å². The second-order valence-electron chi connectivity index (χ2n) is 6.94. The quantitative estimate of drug-likeness (QED) is 0.932. The summed E-state index contributed by atoms with van der Waals surface area (Å²) in [6.07, 6.45) is 3.06. The normalized spacial score (nSPS) is 22.7. The third kappa shape index (κ3) is 2.87. The SMILES string of the molecule is CC(C)C(=O)N1CCC2(CC1)CC2NC(=O)c1ccccc1. The van der Waals surface area contributed by atoms with E-state index in [9.17, 15) is 9.59 Å². The van der Waals surface area contributed by atoms with Crippen LogP contribution in [0.15, 0.2) is 30.3 Å². The van der Waals surface area contributed by atoms with Crippen molar-refractivity contribution in [2.75, 3.05) is 13.1 Å². The van der Waals surface area contributed by atoms with Gasteiger partial charge in [0.25, 0.3) is 5.91 Å². The number of nitrogens with zero attached hydrogens (tertiary/aromatic N) is 1. The molecule has 4 nitrogen and oxygen atoms in total. The Balaban J connectivity index is 1.53. The number of carbonyl (C=O) groups is 2. The minimum Gasteiger partial charge on any atom is -0.349 e. The lowest BCUT2D eigenvalue weighted by molar-refractivity contribution is -0.136. The second kappa shape index (κ2) is 5.75. The van der Waals surface area contributed by atoms with Crippen LogP contribution in [0.2, 0.25) is 0 Å². The van der Waals surface area contributed by atoms with Gasteiger partial charge in [0.2, 0.25) is 5.91 Å². The summed E-state index contributed by atoms with van der Waals surface area (Å²) >= 11 is 0. The molecule has 3 rings (SSSR count). The largest absolute Gasteiger partial charge is 0.349 e. The minimum absolute atomic E-state index is 0.0168. The molecular formula is C18H24N2O2. The van der Waals surface area contributed by atoms with E-state index >= 15 is 0 Å². The first-order chi connectivity index (χ1) is 10.5. The standard InChI is InChI=1S/C18H24N2O2/c1-13(2)17(22)20-10-8-18(9-11-20)12-15(18)19-16(21)14-6-4-3-5-7-14/h3-7,13,15H,8-12H2,1-2H3,(H,19,21). The number of amides is 2. The lowest BCUT2D eigenvalue weighted by Gasteiger charge is -2.34. The maximum Gasteiger partial charge on any atom is 0.251 e. The molecule has 0 bridgehead atoms. The fraction of sp³-hybridized carbons (Fsp3) is 0.556. The number of carbonyl (C=O) groups excluding carboxylic acids is 2. The molecule has 1 N–H and O–H groups in total. The second-order valence-corrected chi connectivity index (χ2v) is 6.94. The molecule has 1 aromatic rings. The minimum atomic E-state index is 0.0168. The number of nitrogens with one attached hydrogen (secondary N) is 1. The number of hydrogen-bond acceptors (Lipinski definition) is 2. The van der Waals surface area contributed by atoms with Gasteiger partial charge in [0.15, 0.2) is 0 Å². The predicted octanol–water partition coefficient (Wildman–Crippen LogP) is 2.45. The fourth-order valence-corrected chi connectivity index (χ4v) is 3.47. The van der Waals surface area contributed by atoms with Crippen molar-refractivity contribution in [2.24, 2.45) is 11.3 Å². The van der Waals surface area contributed by atoms with Crippen molar-refractivity contribution in [3.05, 3.63) is 35.9 Å². The number of piperidine rings is 1. The van der Waals surface area contributed by atoms with Crippen LogP contribution in [0.1, 0.15) is 43.5 Å². The Morgan fingerprint density at radius 1 is 1.18 bits per heavy atom. The summed E-state index contributed by atoms with van der Waals surface area (Å²) in [5.74, 6) is 0.338. The molecule has 1 aliphatic carbocycles. The summed E-state index contributed by atoms with van der Waals surface area (Å²) in [6, 6.07) is 9.64. The molecule has 1 aromatic carbocycles. The van der Waals surface area contributed by atoms with Crippen molar-refractivity contribution in [3.8, 4) is 0 Å². The van der Waals surface area contributed by atoms with Crippen LogP contribution in [-0.4, -0.2) is 35.8 Å². The van der Waals surface area contributed by atoms with Gasteiger partial charge in [-0.15, -0.1) is 0 Å². The number of benzene rings is 1. The number of likely N-dealkylation sites (tertiary alicyclic amines) is 1. The van der Waals surface area contributed by atoms with E-state index in [2.05, 4.69) is 5.32 Å². The zero-order valence-corrected chi connectivity index (χ0v) is 13.3. The third-order valence-corrected chi connectivity index (χ3v) is 5.10. The van der Waals surface area contributed by atoms with Crippen LogP contribution in [-0.2, 0) is 4.79 Å². The average molecular weight is 300 g/mol. The Kier molecular flexibility index (Phi) is 3.94. The van der Waals surface area contributed by atoms with E-state index in [1.54, 1.807) is 0 Å². The van der Waals surface area contributed by atoms with Crippen LogP contribution in [0.3, 0.4) is 0 Å². The Bertz CT molecular complexity index is 560. The van der Waals surface area contributed by atoms with Crippen LogP contribution in [0, 0.1) is 11.3 Å². The molecular weight excluding hydrogens is 276 g/mol. The van der Waals surface area contributed by atoms with Crippen molar-refractivity contribution >= 4 is 11.8 Å². The molecule has 1 saturated heterocycles. The van der Waals surface area contributed by atoms with Crippen molar-refractivity contribution in [2.45, 2.75) is 39.2 Å². The number of hydrogen-bond donors (Lipinski definition) is 1. The van der Waals surface area contributed by atoms with Gasteiger partial charge in [-0.3, -0.25) is 9.59 Å². The van der Waals surface area contributed by atoms with Gasteiger partial charge in [0.1, 0.15) is 0 Å². The monoisotopic (exact) mass is 300 g/mol. The molecule has 22 heavy (non-hydrogen) atoms. The molecule has 0 aromatic heterocycles. The van der Waals surface area contributed by atoms with Crippen molar-refractivity contribution in [1.82, 2.24) is 10.2 Å². The zero-order valence-electron chi connectivity index (χ0n) is 13.3. The average Bonchev–Trinajstić information content (AvgIpc) is 3.19. The lowest BCUT2D eigenvalue weighted by atomic mass is 9.92. The summed E-state index contributed by atoms with van der Waals surface area (Å²) < 4.78 is 0. The molecule has 1 heterocycles. The highest BCUT2D eigenvalue weighted by atomic mass is 16.2. The van der Waals surface area contributed by atoms with E-state index in [0.29, 0.717) is 0 Å². The van der Waals surface area contributed by atoms with Gasteiger partial charge in [-0.1, -0.05) is 32.0 Å². The molecule has 4 heteroatoms. The highest BCUT2D eigenvalue weighted by Crippen LogP contribution is 2.54. The van der Waals surface area contributed by atoms with Crippen molar-refractivity contribution < 1.29 is 9.59 Å². The molecule has 1 unspecified atom stereocenters. The van der Waals surface area contributed by atoms with E-state index in [1.165, 1.54) is 0 Å². The van der Waals surface area contributed by atoms with Crippen molar-refractivity contribution in [3.63, 3.8) is 0 Å². The van der Waals surface area contributed by atoms with Gasteiger partial charge in [-0.05, 0) is 36.8 Å². The summed E-state index contributed by atoms with van der Waals surface area (Å²) in [7, 11) is 0. The first kappa shape index (κ1) is 15.1. The molecule has 2 aliphatic rings. The van der Waals surface area contributed by atoms with Crippen LogP contribution in [0.5, 0.6) is 0 Å². The van der Waals surface area contributed by atoms with E-state index in [1.807, 2.05) is 49.1 Å². The molecule has 118 valence electrons. The molecule has 0 radical (unpaired) electrons. The van der Waals surface area contributed by atoms with Gasteiger partial charge in [-0.2, -0.15) is 0 Å². The maximum atomic E-state index is 12.2. The smallest absolute Gasteiger partial charge is 0.251 e. The molecule has 1 saturated carbocycles. The van der Waals surface area contributed by atoms with Crippen LogP contribution < -0.4 is 5.32 Å².